The van der Waals surface area contributed by atoms with Gasteiger partial charge in [0.2, 0.25) is 0 Å². The lowest BCUT2D eigenvalue weighted by atomic mass is 10.1. The molecule has 0 saturated heterocycles. The first-order valence-electron chi connectivity index (χ1n) is 7.09. The highest BCUT2D eigenvalue weighted by molar-refractivity contribution is 6.44. The summed E-state index contributed by atoms with van der Waals surface area (Å²) in [4.78, 5) is 26.8. The maximum absolute atomic E-state index is 11.9. The molecule has 1 aromatic rings. The van der Waals surface area contributed by atoms with Crippen LogP contribution < -0.4 is 0 Å². The van der Waals surface area contributed by atoms with Crippen molar-refractivity contribution >= 4 is 35.1 Å². The molecule has 1 heterocycles. The topological polar surface area (TPSA) is 76.5 Å². The fourth-order valence-corrected chi connectivity index (χ4v) is 2.24. The highest BCUT2D eigenvalue weighted by Crippen LogP contribution is 2.27. The minimum Gasteiger partial charge on any atom is -0.478 e. The average Bonchev–Trinajstić information content (AvgIpc) is 2.44. The molecule has 0 atom stereocenters. The van der Waals surface area contributed by atoms with Gasteiger partial charge < -0.3 is 9.84 Å². The first-order chi connectivity index (χ1) is 10.3. The number of halogens is 2. The molecule has 1 N–H and O–H groups in total. The van der Waals surface area contributed by atoms with Gasteiger partial charge in [-0.05, 0) is 12.3 Å². The molecule has 22 heavy (non-hydrogen) atoms. The van der Waals surface area contributed by atoms with E-state index >= 15 is 0 Å². The standard InChI is InChI=1S/C15H19Cl2NO4/c1-9(2)6-4-3-5-7-22-15(21)13-11(14(19)20)12(17)10(16)8-18-13/h8-9H,3-7H2,1-2H3,(H,19,20). The zero-order valence-electron chi connectivity index (χ0n) is 12.6. The fraction of sp³-hybridized carbons (Fsp3) is 0.533. The van der Waals surface area contributed by atoms with Crippen molar-refractivity contribution in [2.45, 2.75) is 39.5 Å². The number of pyridine rings is 1. The van der Waals surface area contributed by atoms with Gasteiger partial charge >= 0.3 is 11.9 Å². The third-order valence-corrected chi connectivity index (χ3v) is 3.82. The molecule has 7 heteroatoms. The Balaban J connectivity index is 2.59. The van der Waals surface area contributed by atoms with Crippen molar-refractivity contribution < 1.29 is 19.4 Å². The van der Waals surface area contributed by atoms with E-state index in [4.69, 9.17) is 33.0 Å². The van der Waals surface area contributed by atoms with E-state index in [-0.39, 0.29) is 22.3 Å². The first kappa shape index (κ1) is 18.7. The van der Waals surface area contributed by atoms with Crippen molar-refractivity contribution in [2.75, 3.05) is 6.61 Å². The first-order valence-corrected chi connectivity index (χ1v) is 7.84. The number of ether oxygens (including phenoxy) is 1. The summed E-state index contributed by atoms with van der Waals surface area (Å²) in [5.74, 6) is -1.52. The van der Waals surface area contributed by atoms with Gasteiger partial charge in [-0.2, -0.15) is 0 Å². The number of rotatable bonds is 8. The molecule has 0 spiro atoms. The lowest BCUT2D eigenvalue weighted by Crippen LogP contribution is -2.15. The third kappa shape index (κ3) is 5.46. The molecular formula is C15H19Cl2NO4. The van der Waals surface area contributed by atoms with Crippen LogP contribution in [-0.4, -0.2) is 28.6 Å². The average molecular weight is 348 g/mol. The normalized spacial score (nSPS) is 10.8. The maximum Gasteiger partial charge on any atom is 0.357 e. The maximum atomic E-state index is 11.9. The lowest BCUT2D eigenvalue weighted by Gasteiger charge is -2.09. The van der Waals surface area contributed by atoms with Crippen LogP contribution in [0.15, 0.2) is 6.20 Å². The van der Waals surface area contributed by atoms with Crippen LogP contribution in [0.3, 0.4) is 0 Å². The molecule has 0 saturated carbocycles. The number of aromatic carboxylic acids is 1. The molecule has 5 nitrogen and oxygen atoms in total. The number of aromatic nitrogens is 1. The Labute approximate surface area is 139 Å². The van der Waals surface area contributed by atoms with E-state index in [9.17, 15) is 9.59 Å². The zero-order valence-corrected chi connectivity index (χ0v) is 14.1. The van der Waals surface area contributed by atoms with E-state index in [1.807, 2.05) is 0 Å². The molecule has 0 radical (unpaired) electrons. The fourth-order valence-electron chi connectivity index (χ4n) is 1.88. The summed E-state index contributed by atoms with van der Waals surface area (Å²) in [5.41, 5.74) is -0.761. The summed E-state index contributed by atoms with van der Waals surface area (Å²) < 4.78 is 5.05. The van der Waals surface area contributed by atoms with E-state index in [2.05, 4.69) is 18.8 Å². The largest absolute Gasteiger partial charge is 0.478 e. The highest BCUT2D eigenvalue weighted by Gasteiger charge is 2.24. The predicted molar refractivity (Wildman–Crippen MR) is 84.8 cm³/mol. The number of carboxylic acid groups (broad SMARTS) is 1. The van der Waals surface area contributed by atoms with Gasteiger partial charge in [-0.1, -0.05) is 56.3 Å². The third-order valence-electron chi connectivity index (χ3n) is 3.04. The second-order valence-electron chi connectivity index (χ2n) is 5.33. The van der Waals surface area contributed by atoms with Crippen molar-refractivity contribution in [3.8, 4) is 0 Å². The summed E-state index contributed by atoms with van der Waals surface area (Å²) in [6.45, 7) is 4.53. The molecule has 0 aliphatic rings. The van der Waals surface area contributed by atoms with Crippen molar-refractivity contribution in [3.05, 3.63) is 27.5 Å². The van der Waals surface area contributed by atoms with Crippen LogP contribution in [0.25, 0.3) is 0 Å². The van der Waals surface area contributed by atoms with Gasteiger partial charge in [0.1, 0.15) is 5.56 Å². The van der Waals surface area contributed by atoms with E-state index in [0.717, 1.165) is 31.9 Å². The summed E-state index contributed by atoms with van der Waals surface area (Å²) in [7, 11) is 0. The van der Waals surface area contributed by atoms with Gasteiger partial charge in [0.15, 0.2) is 5.69 Å². The van der Waals surface area contributed by atoms with Crippen molar-refractivity contribution in [1.29, 1.82) is 0 Å². The number of carboxylic acids is 1. The summed E-state index contributed by atoms with van der Waals surface area (Å²) in [6.07, 6.45) is 5.01. The molecular weight excluding hydrogens is 329 g/mol. The highest BCUT2D eigenvalue weighted by atomic mass is 35.5. The molecule has 0 aliphatic carbocycles. The molecule has 1 rings (SSSR count). The van der Waals surface area contributed by atoms with Crippen LogP contribution >= 0.6 is 23.2 Å². The number of hydrogen-bond donors (Lipinski definition) is 1. The van der Waals surface area contributed by atoms with Crippen LogP contribution in [0.1, 0.15) is 60.4 Å². The number of esters is 1. The van der Waals surface area contributed by atoms with Crippen molar-refractivity contribution in [3.63, 3.8) is 0 Å². The quantitative estimate of drug-likeness (QED) is 0.554. The Morgan fingerprint density at radius 2 is 1.95 bits per heavy atom. The number of carbonyl (C=O) groups is 2. The Hall–Kier alpha value is -1.33. The van der Waals surface area contributed by atoms with Gasteiger partial charge in [-0.3, -0.25) is 0 Å². The Bertz CT molecular complexity index is 547. The second-order valence-corrected chi connectivity index (χ2v) is 6.11. The summed E-state index contributed by atoms with van der Waals surface area (Å²) >= 11 is 11.5. The molecule has 0 bridgehead atoms. The number of unbranched alkanes of at least 4 members (excludes halogenated alkanes) is 2. The monoisotopic (exact) mass is 347 g/mol. The molecule has 1 aromatic heterocycles. The molecule has 0 aliphatic heterocycles. The molecule has 0 amide bonds. The summed E-state index contributed by atoms with van der Waals surface area (Å²) in [5, 5.41) is 8.88. The minimum atomic E-state index is -1.37. The summed E-state index contributed by atoms with van der Waals surface area (Å²) in [6, 6.07) is 0. The van der Waals surface area contributed by atoms with Crippen LogP contribution in [0.5, 0.6) is 0 Å². The second kappa shape index (κ2) is 8.96. The SMILES string of the molecule is CC(C)CCCCCOC(=O)c1ncc(Cl)c(Cl)c1C(=O)O. The lowest BCUT2D eigenvalue weighted by molar-refractivity contribution is 0.0480. The minimum absolute atomic E-state index is 0.0238. The van der Waals surface area contributed by atoms with Gasteiger partial charge in [0.25, 0.3) is 0 Å². The molecule has 122 valence electrons. The predicted octanol–water partition coefficient (Wildman–Crippen LogP) is 4.46. The van der Waals surface area contributed by atoms with Crippen LogP contribution in [-0.2, 0) is 4.74 Å². The Morgan fingerprint density at radius 3 is 2.55 bits per heavy atom. The van der Waals surface area contributed by atoms with Gasteiger partial charge in [0, 0.05) is 6.20 Å². The van der Waals surface area contributed by atoms with E-state index in [0.29, 0.717) is 5.92 Å². The van der Waals surface area contributed by atoms with E-state index in [1.165, 1.54) is 0 Å². The number of hydrogen-bond acceptors (Lipinski definition) is 4. The molecule has 0 aromatic carbocycles. The molecule has 0 fully saturated rings. The van der Waals surface area contributed by atoms with E-state index < -0.39 is 17.5 Å². The van der Waals surface area contributed by atoms with Gasteiger partial charge in [0.05, 0.1) is 16.7 Å². The van der Waals surface area contributed by atoms with Crippen LogP contribution in [0.4, 0.5) is 0 Å². The molecule has 0 unspecified atom stereocenters. The number of carbonyl (C=O) groups excluding carboxylic acids is 1. The Kier molecular flexibility index (Phi) is 7.62. The van der Waals surface area contributed by atoms with Crippen LogP contribution in [0.2, 0.25) is 10.0 Å². The van der Waals surface area contributed by atoms with Gasteiger partial charge in [-0.25, -0.2) is 14.6 Å². The van der Waals surface area contributed by atoms with E-state index in [1.54, 1.807) is 0 Å². The Morgan fingerprint density at radius 1 is 1.27 bits per heavy atom. The van der Waals surface area contributed by atoms with Gasteiger partial charge in [-0.15, -0.1) is 0 Å². The van der Waals surface area contributed by atoms with Crippen molar-refractivity contribution in [2.24, 2.45) is 5.92 Å². The van der Waals surface area contributed by atoms with Crippen molar-refractivity contribution in [1.82, 2.24) is 4.98 Å². The smallest absolute Gasteiger partial charge is 0.357 e. The zero-order chi connectivity index (χ0) is 16.7. The number of nitrogens with zero attached hydrogens (tertiary/aromatic N) is 1. The van der Waals surface area contributed by atoms with Crippen LogP contribution in [0, 0.1) is 5.92 Å².